The van der Waals surface area contributed by atoms with E-state index < -0.39 is 0 Å². The highest BCUT2D eigenvalue weighted by Gasteiger charge is 2.15. The zero-order chi connectivity index (χ0) is 12.5. The molecule has 0 fully saturated rings. The molecule has 98 valence electrons. The highest BCUT2D eigenvalue weighted by atomic mass is 16.5. The molecule has 0 radical (unpaired) electrons. The number of hydrogen-bond acceptors (Lipinski definition) is 3. The van der Waals surface area contributed by atoms with Crippen molar-refractivity contribution in [2.24, 2.45) is 0 Å². The molecule has 17 heavy (non-hydrogen) atoms. The van der Waals surface area contributed by atoms with Gasteiger partial charge < -0.3 is 14.6 Å². The molecule has 0 aliphatic carbocycles. The molecule has 1 aromatic heterocycles. The quantitative estimate of drug-likeness (QED) is 0.719. The van der Waals surface area contributed by atoms with Crippen molar-refractivity contribution < 1.29 is 4.74 Å². The van der Waals surface area contributed by atoms with Crippen LogP contribution >= 0.6 is 0 Å². The minimum atomic E-state index is 0.302. The second-order valence-electron chi connectivity index (χ2n) is 4.27. The van der Waals surface area contributed by atoms with E-state index in [2.05, 4.69) is 34.9 Å². The smallest absolute Gasteiger partial charge is 0.125 e. The van der Waals surface area contributed by atoms with Crippen molar-refractivity contribution in [2.75, 3.05) is 20.3 Å². The Balaban J connectivity index is 2.68. The summed E-state index contributed by atoms with van der Waals surface area (Å²) in [4.78, 5) is 4.49. The van der Waals surface area contributed by atoms with Gasteiger partial charge in [0.2, 0.25) is 0 Å². The van der Waals surface area contributed by atoms with Crippen LogP contribution in [0.3, 0.4) is 0 Å². The van der Waals surface area contributed by atoms with E-state index in [1.807, 2.05) is 6.20 Å². The molecule has 0 saturated heterocycles. The number of nitrogens with zero attached hydrogens (tertiary/aromatic N) is 2. The summed E-state index contributed by atoms with van der Waals surface area (Å²) in [7, 11) is 1.75. The van der Waals surface area contributed by atoms with Gasteiger partial charge in [0.1, 0.15) is 5.82 Å². The molecule has 4 nitrogen and oxygen atoms in total. The van der Waals surface area contributed by atoms with Gasteiger partial charge >= 0.3 is 0 Å². The van der Waals surface area contributed by atoms with Crippen LogP contribution in [-0.4, -0.2) is 29.8 Å². The third-order valence-electron chi connectivity index (χ3n) is 2.78. The van der Waals surface area contributed by atoms with Crippen molar-refractivity contribution in [3.05, 3.63) is 18.2 Å². The van der Waals surface area contributed by atoms with E-state index in [0.29, 0.717) is 6.04 Å². The SMILES string of the molecule is CCCNC(CCOC)c1nccn1CCC. The number of methoxy groups -OCH3 is 1. The number of imidazole rings is 1. The van der Waals surface area contributed by atoms with Crippen LogP contribution in [0, 0.1) is 0 Å². The lowest BCUT2D eigenvalue weighted by molar-refractivity contribution is 0.181. The van der Waals surface area contributed by atoms with Gasteiger partial charge in [-0.15, -0.1) is 0 Å². The molecule has 1 N–H and O–H groups in total. The third-order valence-corrected chi connectivity index (χ3v) is 2.78. The summed E-state index contributed by atoms with van der Waals surface area (Å²) in [5, 5.41) is 3.54. The van der Waals surface area contributed by atoms with Gasteiger partial charge in [-0.2, -0.15) is 0 Å². The van der Waals surface area contributed by atoms with Crippen LogP contribution in [0.25, 0.3) is 0 Å². The van der Waals surface area contributed by atoms with E-state index in [9.17, 15) is 0 Å². The predicted octanol–water partition coefficient (Wildman–Crippen LogP) is 2.37. The summed E-state index contributed by atoms with van der Waals surface area (Å²) in [6, 6.07) is 0.302. The fraction of sp³-hybridized carbons (Fsp3) is 0.769. The van der Waals surface area contributed by atoms with Gasteiger partial charge in [0.05, 0.1) is 6.04 Å². The van der Waals surface area contributed by atoms with E-state index in [-0.39, 0.29) is 0 Å². The van der Waals surface area contributed by atoms with Crippen LogP contribution in [0.5, 0.6) is 0 Å². The highest BCUT2D eigenvalue weighted by Crippen LogP contribution is 2.15. The van der Waals surface area contributed by atoms with E-state index in [0.717, 1.165) is 44.8 Å². The first kappa shape index (κ1) is 14.2. The topological polar surface area (TPSA) is 39.1 Å². The Hall–Kier alpha value is -0.870. The van der Waals surface area contributed by atoms with Crippen LogP contribution in [0.1, 0.15) is 45.0 Å². The second-order valence-corrected chi connectivity index (χ2v) is 4.27. The number of aromatic nitrogens is 2. The molecular formula is C13H25N3O. The lowest BCUT2D eigenvalue weighted by atomic mass is 10.2. The van der Waals surface area contributed by atoms with Crippen molar-refractivity contribution in [1.82, 2.24) is 14.9 Å². The molecule has 1 heterocycles. The van der Waals surface area contributed by atoms with Crippen molar-refractivity contribution in [3.8, 4) is 0 Å². The van der Waals surface area contributed by atoms with Crippen molar-refractivity contribution >= 4 is 0 Å². The maximum atomic E-state index is 5.17. The second kappa shape index (κ2) is 8.25. The van der Waals surface area contributed by atoms with E-state index in [1.165, 1.54) is 0 Å². The first-order chi connectivity index (χ1) is 8.33. The van der Waals surface area contributed by atoms with Crippen LogP contribution in [0.15, 0.2) is 12.4 Å². The molecule has 0 aliphatic rings. The lowest BCUT2D eigenvalue weighted by Gasteiger charge is -2.19. The molecule has 0 aromatic carbocycles. The molecule has 1 rings (SSSR count). The molecule has 0 amide bonds. The largest absolute Gasteiger partial charge is 0.385 e. The molecule has 1 atom stereocenters. The molecular weight excluding hydrogens is 214 g/mol. The van der Waals surface area contributed by atoms with Crippen LogP contribution in [-0.2, 0) is 11.3 Å². The number of rotatable bonds is 9. The first-order valence-electron chi connectivity index (χ1n) is 6.56. The summed E-state index contributed by atoms with van der Waals surface area (Å²) in [5.41, 5.74) is 0. The van der Waals surface area contributed by atoms with E-state index in [1.54, 1.807) is 7.11 Å². The highest BCUT2D eigenvalue weighted by molar-refractivity contribution is 4.99. The van der Waals surface area contributed by atoms with Crippen LogP contribution in [0.4, 0.5) is 0 Å². The summed E-state index contributed by atoms with van der Waals surface area (Å²) >= 11 is 0. The predicted molar refractivity (Wildman–Crippen MR) is 70.0 cm³/mol. The first-order valence-corrected chi connectivity index (χ1v) is 6.56. The molecule has 1 unspecified atom stereocenters. The maximum absolute atomic E-state index is 5.17. The summed E-state index contributed by atoms with van der Waals surface area (Å²) < 4.78 is 7.41. The van der Waals surface area contributed by atoms with Crippen LogP contribution < -0.4 is 5.32 Å². The van der Waals surface area contributed by atoms with E-state index in [4.69, 9.17) is 4.74 Å². The summed E-state index contributed by atoms with van der Waals surface area (Å²) in [6.07, 6.45) is 7.19. The van der Waals surface area contributed by atoms with Crippen molar-refractivity contribution in [2.45, 2.75) is 45.7 Å². The maximum Gasteiger partial charge on any atom is 0.125 e. The average molecular weight is 239 g/mol. The normalized spacial score (nSPS) is 12.9. The Morgan fingerprint density at radius 3 is 2.88 bits per heavy atom. The fourth-order valence-corrected chi connectivity index (χ4v) is 1.94. The number of nitrogens with one attached hydrogen (secondary N) is 1. The number of hydrogen-bond donors (Lipinski definition) is 1. The summed E-state index contributed by atoms with van der Waals surface area (Å²) in [6.45, 7) is 7.19. The van der Waals surface area contributed by atoms with Gasteiger partial charge in [0.15, 0.2) is 0 Å². The molecule has 0 saturated carbocycles. The van der Waals surface area contributed by atoms with Gasteiger partial charge in [-0.05, 0) is 25.8 Å². The summed E-state index contributed by atoms with van der Waals surface area (Å²) in [5.74, 6) is 1.14. The Morgan fingerprint density at radius 1 is 1.41 bits per heavy atom. The van der Waals surface area contributed by atoms with Crippen LogP contribution in [0.2, 0.25) is 0 Å². The van der Waals surface area contributed by atoms with Gasteiger partial charge in [0, 0.05) is 32.7 Å². The van der Waals surface area contributed by atoms with Crippen molar-refractivity contribution in [1.29, 1.82) is 0 Å². The Morgan fingerprint density at radius 2 is 2.24 bits per heavy atom. The molecule has 0 spiro atoms. The zero-order valence-electron chi connectivity index (χ0n) is 11.3. The Bertz CT molecular complexity index is 291. The minimum absolute atomic E-state index is 0.302. The lowest BCUT2D eigenvalue weighted by Crippen LogP contribution is -2.26. The van der Waals surface area contributed by atoms with E-state index >= 15 is 0 Å². The standard InChI is InChI=1S/C13H25N3O/c1-4-7-14-12(6-11-17-3)13-15-8-10-16(13)9-5-2/h8,10,12,14H,4-7,9,11H2,1-3H3. The Kier molecular flexibility index (Phi) is 6.89. The molecule has 1 aromatic rings. The van der Waals surface area contributed by atoms with Gasteiger partial charge in [-0.25, -0.2) is 4.98 Å². The van der Waals surface area contributed by atoms with Gasteiger partial charge in [-0.3, -0.25) is 0 Å². The van der Waals surface area contributed by atoms with Gasteiger partial charge in [0.25, 0.3) is 0 Å². The zero-order valence-corrected chi connectivity index (χ0v) is 11.3. The fourth-order valence-electron chi connectivity index (χ4n) is 1.94. The van der Waals surface area contributed by atoms with Gasteiger partial charge in [-0.1, -0.05) is 13.8 Å². The molecule has 0 bridgehead atoms. The Labute approximate surface area is 104 Å². The third kappa shape index (κ3) is 4.48. The number of aryl methyl sites for hydroxylation is 1. The minimum Gasteiger partial charge on any atom is -0.385 e. The number of ether oxygens (including phenoxy) is 1. The monoisotopic (exact) mass is 239 g/mol. The molecule has 0 aliphatic heterocycles. The molecule has 4 heteroatoms. The van der Waals surface area contributed by atoms with Crippen molar-refractivity contribution in [3.63, 3.8) is 0 Å². The average Bonchev–Trinajstić information content (AvgIpc) is 2.78.